The van der Waals surface area contributed by atoms with Crippen LogP contribution in [0.4, 0.5) is 26.3 Å². The summed E-state index contributed by atoms with van der Waals surface area (Å²) < 4.78 is 80.3. The van der Waals surface area contributed by atoms with E-state index in [9.17, 15) is 31.4 Å². The Kier molecular flexibility index (Phi) is 3.98. The third-order valence-corrected chi connectivity index (χ3v) is 3.44. The molecule has 3 nitrogen and oxygen atoms in total. The van der Waals surface area contributed by atoms with E-state index in [1.165, 1.54) is 0 Å². The summed E-state index contributed by atoms with van der Waals surface area (Å²) in [5, 5.41) is 12.7. The average Bonchev–Trinajstić information content (AvgIpc) is 2.72. The number of aliphatic hydroxyl groups excluding tert-OH is 1. The molecule has 0 aliphatic heterocycles. The molecule has 0 fully saturated rings. The lowest BCUT2D eigenvalue weighted by molar-refractivity contribution is -0.154. The van der Waals surface area contributed by atoms with Crippen molar-refractivity contribution < 1.29 is 31.4 Å². The SMILES string of the molecule is CCCCn1nc(C(F)(F)F)c2c1[C@H](F)CC(F)(F)[C@H]2O. The molecule has 0 bridgehead atoms. The van der Waals surface area contributed by atoms with E-state index in [1.54, 1.807) is 6.92 Å². The standard InChI is InChI=1S/C12H14F6N2O/c1-2-3-4-20-8-6(13)5-11(14,15)10(21)7(8)9(19-20)12(16,17)18/h6,10,21H,2-5H2,1H3/t6-,10+/m1/s1. The van der Waals surface area contributed by atoms with Crippen LogP contribution in [-0.4, -0.2) is 20.8 Å². The highest BCUT2D eigenvalue weighted by atomic mass is 19.4. The molecule has 0 radical (unpaired) electrons. The fourth-order valence-electron chi connectivity index (χ4n) is 2.43. The predicted molar refractivity (Wildman–Crippen MR) is 60.5 cm³/mol. The zero-order chi connectivity index (χ0) is 16.0. The van der Waals surface area contributed by atoms with Crippen LogP contribution < -0.4 is 0 Å². The molecule has 21 heavy (non-hydrogen) atoms. The molecule has 0 aromatic carbocycles. The fourth-order valence-corrected chi connectivity index (χ4v) is 2.43. The molecule has 0 saturated heterocycles. The Morgan fingerprint density at radius 1 is 1.38 bits per heavy atom. The topological polar surface area (TPSA) is 38.0 Å². The predicted octanol–water partition coefficient (Wildman–Crippen LogP) is 3.79. The molecule has 9 heteroatoms. The minimum absolute atomic E-state index is 0.0202. The highest BCUT2D eigenvalue weighted by molar-refractivity contribution is 5.36. The van der Waals surface area contributed by atoms with Gasteiger partial charge in [-0.15, -0.1) is 0 Å². The Labute approximate surface area is 116 Å². The van der Waals surface area contributed by atoms with Gasteiger partial charge in [-0.2, -0.15) is 18.3 Å². The van der Waals surface area contributed by atoms with E-state index in [-0.39, 0.29) is 6.54 Å². The van der Waals surface area contributed by atoms with Crippen LogP contribution in [0.2, 0.25) is 0 Å². The Bertz CT molecular complexity index is 525. The number of aromatic nitrogens is 2. The van der Waals surface area contributed by atoms with Crippen molar-refractivity contribution in [3.05, 3.63) is 17.0 Å². The second-order valence-corrected chi connectivity index (χ2v) is 5.06. The summed E-state index contributed by atoms with van der Waals surface area (Å²) in [6.07, 6.45) is -10.3. The molecule has 0 saturated carbocycles. The first-order valence-electron chi connectivity index (χ1n) is 6.47. The van der Waals surface area contributed by atoms with E-state index in [4.69, 9.17) is 0 Å². The Morgan fingerprint density at radius 3 is 2.52 bits per heavy atom. The summed E-state index contributed by atoms with van der Waals surface area (Å²) in [7, 11) is 0. The van der Waals surface area contributed by atoms with Crippen LogP contribution in [-0.2, 0) is 12.7 Å². The zero-order valence-corrected chi connectivity index (χ0v) is 11.1. The van der Waals surface area contributed by atoms with E-state index in [2.05, 4.69) is 5.10 Å². The van der Waals surface area contributed by atoms with Gasteiger partial charge < -0.3 is 5.11 Å². The molecule has 1 aromatic rings. The number of rotatable bonds is 3. The molecule has 0 spiro atoms. The van der Waals surface area contributed by atoms with Gasteiger partial charge in [0, 0.05) is 12.1 Å². The molecule has 0 amide bonds. The molecule has 2 rings (SSSR count). The van der Waals surface area contributed by atoms with Crippen molar-refractivity contribution in [1.29, 1.82) is 0 Å². The largest absolute Gasteiger partial charge is 0.435 e. The van der Waals surface area contributed by atoms with Gasteiger partial charge in [-0.3, -0.25) is 4.68 Å². The number of alkyl halides is 6. The Morgan fingerprint density at radius 2 is 2.00 bits per heavy atom. The van der Waals surface area contributed by atoms with Crippen LogP contribution in [0.3, 0.4) is 0 Å². The maximum Gasteiger partial charge on any atom is 0.435 e. The zero-order valence-electron chi connectivity index (χ0n) is 11.1. The van der Waals surface area contributed by atoms with Gasteiger partial charge in [-0.1, -0.05) is 13.3 Å². The summed E-state index contributed by atoms with van der Waals surface area (Å²) in [5.74, 6) is -3.95. The second-order valence-electron chi connectivity index (χ2n) is 5.06. The summed E-state index contributed by atoms with van der Waals surface area (Å²) in [6.45, 7) is 1.75. The van der Waals surface area contributed by atoms with Gasteiger partial charge in [-0.25, -0.2) is 13.2 Å². The van der Waals surface area contributed by atoms with Gasteiger partial charge in [0.1, 0.15) is 12.3 Å². The van der Waals surface area contributed by atoms with Gasteiger partial charge >= 0.3 is 6.18 Å². The molecule has 1 heterocycles. The van der Waals surface area contributed by atoms with Crippen LogP contribution in [0.25, 0.3) is 0 Å². The number of halogens is 6. The first kappa shape index (κ1) is 16.1. The number of aliphatic hydroxyl groups is 1. The molecular formula is C12H14F6N2O. The highest BCUT2D eigenvalue weighted by Gasteiger charge is 2.54. The van der Waals surface area contributed by atoms with Crippen LogP contribution in [0.5, 0.6) is 0 Å². The van der Waals surface area contributed by atoms with Gasteiger partial charge in [0.25, 0.3) is 5.92 Å². The average molecular weight is 316 g/mol. The van der Waals surface area contributed by atoms with E-state index >= 15 is 0 Å². The first-order valence-corrected chi connectivity index (χ1v) is 6.47. The normalized spacial score (nSPS) is 25.0. The van der Waals surface area contributed by atoms with Crippen molar-refractivity contribution in [3.8, 4) is 0 Å². The minimum Gasteiger partial charge on any atom is -0.382 e. The maximum absolute atomic E-state index is 13.9. The lowest BCUT2D eigenvalue weighted by Gasteiger charge is -2.30. The number of hydrogen-bond donors (Lipinski definition) is 1. The number of fused-ring (bicyclic) bond motifs is 1. The van der Waals surface area contributed by atoms with E-state index in [0.29, 0.717) is 12.8 Å². The van der Waals surface area contributed by atoms with E-state index in [0.717, 1.165) is 4.68 Å². The van der Waals surface area contributed by atoms with Crippen molar-refractivity contribution >= 4 is 0 Å². The van der Waals surface area contributed by atoms with Crippen LogP contribution in [0.15, 0.2) is 0 Å². The van der Waals surface area contributed by atoms with Crippen LogP contribution >= 0.6 is 0 Å². The van der Waals surface area contributed by atoms with Crippen molar-refractivity contribution in [2.75, 3.05) is 0 Å². The molecule has 1 N–H and O–H groups in total. The van der Waals surface area contributed by atoms with Crippen molar-refractivity contribution in [3.63, 3.8) is 0 Å². The quantitative estimate of drug-likeness (QED) is 0.862. The summed E-state index contributed by atoms with van der Waals surface area (Å²) in [5.41, 5.74) is -3.36. The molecule has 1 aliphatic rings. The van der Waals surface area contributed by atoms with Gasteiger partial charge in [0.05, 0.1) is 12.1 Å². The van der Waals surface area contributed by atoms with Crippen LogP contribution in [0.1, 0.15) is 55.4 Å². The number of unbranched alkanes of at least 4 members (excludes halogenated alkanes) is 1. The van der Waals surface area contributed by atoms with E-state index in [1.807, 2.05) is 0 Å². The maximum atomic E-state index is 13.9. The summed E-state index contributed by atoms with van der Waals surface area (Å²) in [4.78, 5) is 0. The minimum atomic E-state index is -5.03. The molecule has 2 atom stereocenters. The number of nitrogens with zero attached hydrogens (tertiary/aromatic N) is 2. The van der Waals surface area contributed by atoms with E-state index < -0.39 is 47.7 Å². The Hall–Kier alpha value is -1.25. The van der Waals surface area contributed by atoms with Gasteiger partial charge in [0.15, 0.2) is 5.69 Å². The summed E-state index contributed by atoms with van der Waals surface area (Å²) in [6, 6.07) is 0. The van der Waals surface area contributed by atoms with Gasteiger partial charge in [0.2, 0.25) is 0 Å². The Balaban J connectivity index is 2.61. The smallest absolute Gasteiger partial charge is 0.382 e. The van der Waals surface area contributed by atoms with Crippen molar-refractivity contribution in [1.82, 2.24) is 9.78 Å². The molecular weight excluding hydrogens is 302 g/mol. The number of aryl methyl sites for hydroxylation is 1. The lowest BCUT2D eigenvalue weighted by Crippen LogP contribution is -2.34. The van der Waals surface area contributed by atoms with Crippen molar-refractivity contribution in [2.24, 2.45) is 0 Å². The number of hydrogen-bond acceptors (Lipinski definition) is 2. The molecule has 1 aliphatic carbocycles. The van der Waals surface area contributed by atoms with Gasteiger partial charge in [-0.05, 0) is 6.42 Å². The van der Waals surface area contributed by atoms with Crippen molar-refractivity contribution in [2.45, 2.75) is 57.1 Å². The fraction of sp³-hybridized carbons (Fsp3) is 0.750. The molecule has 0 unspecified atom stereocenters. The monoisotopic (exact) mass is 316 g/mol. The van der Waals surface area contributed by atoms with Crippen LogP contribution in [0, 0.1) is 0 Å². The second kappa shape index (κ2) is 5.19. The summed E-state index contributed by atoms with van der Waals surface area (Å²) >= 11 is 0. The molecule has 120 valence electrons. The third kappa shape index (κ3) is 2.75. The third-order valence-electron chi connectivity index (χ3n) is 3.44. The molecule has 1 aromatic heterocycles. The lowest BCUT2D eigenvalue weighted by atomic mass is 9.88. The highest BCUT2D eigenvalue weighted by Crippen LogP contribution is 2.51. The first-order chi connectivity index (χ1) is 9.59.